The van der Waals surface area contributed by atoms with Gasteiger partial charge < -0.3 is 20.3 Å². The normalized spacial score (nSPS) is 17.6. The highest BCUT2D eigenvalue weighted by Gasteiger charge is 2.18. The molecule has 1 heterocycles. The van der Waals surface area contributed by atoms with Gasteiger partial charge in [-0.25, -0.2) is 0 Å². The summed E-state index contributed by atoms with van der Waals surface area (Å²) in [6, 6.07) is 0.557. The fourth-order valence-electron chi connectivity index (χ4n) is 2.43. The van der Waals surface area contributed by atoms with E-state index in [1.54, 1.807) is 7.11 Å². The number of methoxy groups -OCH3 is 1. The third-order valence-electron chi connectivity index (χ3n) is 3.51. The van der Waals surface area contributed by atoms with E-state index in [1.165, 1.54) is 38.9 Å². The molecule has 5 nitrogen and oxygen atoms in total. The van der Waals surface area contributed by atoms with Crippen LogP contribution < -0.4 is 10.6 Å². The maximum absolute atomic E-state index is 5.04. The molecule has 0 radical (unpaired) electrons. The maximum Gasteiger partial charge on any atom is 0.191 e. The Hall–Kier alpha value is -0.0800. The zero-order valence-corrected chi connectivity index (χ0v) is 15.5. The highest BCUT2D eigenvalue weighted by atomic mass is 127. The number of nitrogens with zero attached hydrogens (tertiary/aromatic N) is 2. The molecule has 0 aliphatic carbocycles. The predicted octanol–water partition coefficient (Wildman–Crippen LogP) is 1.68. The van der Waals surface area contributed by atoms with Gasteiger partial charge in [0.05, 0.1) is 0 Å². The molecule has 1 rings (SSSR count). The molecule has 2 N–H and O–H groups in total. The number of halogens is 1. The van der Waals surface area contributed by atoms with E-state index >= 15 is 0 Å². The summed E-state index contributed by atoms with van der Waals surface area (Å²) in [7, 11) is 3.56. The monoisotopic (exact) mass is 398 g/mol. The van der Waals surface area contributed by atoms with Gasteiger partial charge in [0.1, 0.15) is 0 Å². The summed E-state index contributed by atoms with van der Waals surface area (Å²) < 4.78 is 5.04. The summed E-state index contributed by atoms with van der Waals surface area (Å²) in [6.07, 6.45) is 4.67. The van der Waals surface area contributed by atoms with E-state index < -0.39 is 0 Å². The van der Waals surface area contributed by atoms with Crippen molar-refractivity contribution < 1.29 is 4.74 Å². The third-order valence-corrected chi connectivity index (χ3v) is 3.51. The van der Waals surface area contributed by atoms with Crippen molar-refractivity contribution in [3.05, 3.63) is 0 Å². The molecule has 1 fully saturated rings. The first-order valence-electron chi connectivity index (χ1n) is 7.48. The number of rotatable bonds is 7. The molecule has 6 heteroatoms. The summed E-state index contributed by atoms with van der Waals surface area (Å²) in [5.74, 6) is 0.921. The number of likely N-dealkylation sites (tertiary alicyclic amines) is 1. The van der Waals surface area contributed by atoms with Crippen molar-refractivity contribution >= 4 is 29.9 Å². The molecule has 120 valence electrons. The average molecular weight is 398 g/mol. The first-order chi connectivity index (χ1) is 9.30. The van der Waals surface area contributed by atoms with Crippen LogP contribution in [0.1, 0.15) is 32.6 Å². The molecule has 0 aromatic carbocycles. The summed E-state index contributed by atoms with van der Waals surface area (Å²) >= 11 is 0. The standard InChI is InChI=1S/C14H30N4O.HI/c1-4-9-18-10-6-13(7-11-18)17-14(15-2)16-8-5-12-19-3;/h13H,4-12H2,1-3H3,(H2,15,16,17);1H. The lowest BCUT2D eigenvalue weighted by atomic mass is 10.1. The van der Waals surface area contributed by atoms with Gasteiger partial charge in [-0.1, -0.05) is 6.92 Å². The molecule has 0 bridgehead atoms. The number of piperidine rings is 1. The van der Waals surface area contributed by atoms with Gasteiger partial charge in [0.15, 0.2) is 5.96 Å². The van der Waals surface area contributed by atoms with E-state index in [1.807, 2.05) is 7.05 Å². The van der Waals surface area contributed by atoms with Crippen molar-refractivity contribution in [2.24, 2.45) is 4.99 Å². The second kappa shape index (κ2) is 12.6. The number of guanidine groups is 1. The Kier molecular flexibility index (Phi) is 12.6. The lowest BCUT2D eigenvalue weighted by Gasteiger charge is -2.32. The highest BCUT2D eigenvalue weighted by molar-refractivity contribution is 14.0. The van der Waals surface area contributed by atoms with E-state index in [2.05, 4.69) is 27.4 Å². The Morgan fingerprint density at radius 2 is 2.05 bits per heavy atom. The van der Waals surface area contributed by atoms with Gasteiger partial charge in [-0.3, -0.25) is 4.99 Å². The van der Waals surface area contributed by atoms with Crippen LogP contribution in [0.2, 0.25) is 0 Å². The molecular formula is C14H31IN4O. The minimum atomic E-state index is 0. The predicted molar refractivity (Wildman–Crippen MR) is 96.2 cm³/mol. The van der Waals surface area contributed by atoms with Crippen LogP contribution in [0.3, 0.4) is 0 Å². The average Bonchev–Trinajstić information content (AvgIpc) is 2.44. The molecule has 1 saturated heterocycles. The van der Waals surface area contributed by atoms with Crippen LogP contribution in [0, 0.1) is 0 Å². The Labute approximate surface area is 140 Å². The summed E-state index contributed by atoms with van der Waals surface area (Å²) in [6.45, 7) is 7.58. The Morgan fingerprint density at radius 1 is 1.35 bits per heavy atom. The molecule has 1 aliphatic heterocycles. The quantitative estimate of drug-likeness (QED) is 0.297. The fourth-order valence-corrected chi connectivity index (χ4v) is 2.43. The Morgan fingerprint density at radius 3 is 2.60 bits per heavy atom. The van der Waals surface area contributed by atoms with Gasteiger partial charge in [-0.05, 0) is 32.2 Å². The fraction of sp³-hybridized carbons (Fsp3) is 0.929. The van der Waals surface area contributed by atoms with Crippen molar-refractivity contribution in [3.63, 3.8) is 0 Å². The Balaban J connectivity index is 0.00000361. The van der Waals surface area contributed by atoms with Gasteiger partial charge >= 0.3 is 0 Å². The third kappa shape index (κ3) is 8.26. The van der Waals surface area contributed by atoms with E-state index in [9.17, 15) is 0 Å². The lowest BCUT2D eigenvalue weighted by Crippen LogP contribution is -2.48. The zero-order chi connectivity index (χ0) is 13.9. The first kappa shape index (κ1) is 19.9. The van der Waals surface area contributed by atoms with Gasteiger partial charge in [-0.15, -0.1) is 24.0 Å². The SMILES string of the molecule is CCCN1CCC(NC(=NC)NCCCOC)CC1.I. The summed E-state index contributed by atoms with van der Waals surface area (Å²) in [4.78, 5) is 6.82. The Bertz CT molecular complexity index is 256. The molecule has 0 amide bonds. The van der Waals surface area contributed by atoms with Gasteiger partial charge in [0.25, 0.3) is 0 Å². The van der Waals surface area contributed by atoms with E-state index in [-0.39, 0.29) is 24.0 Å². The van der Waals surface area contributed by atoms with E-state index in [4.69, 9.17) is 4.74 Å². The van der Waals surface area contributed by atoms with E-state index in [0.717, 1.165) is 25.5 Å². The van der Waals surface area contributed by atoms with Crippen LogP contribution >= 0.6 is 24.0 Å². The second-order valence-corrected chi connectivity index (χ2v) is 5.11. The smallest absolute Gasteiger partial charge is 0.191 e. The highest BCUT2D eigenvalue weighted by Crippen LogP contribution is 2.10. The topological polar surface area (TPSA) is 48.9 Å². The summed E-state index contributed by atoms with van der Waals surface area (Å²) in [5, 5.41) is 6.85. The van der Waals surface area contributed by atoms with Crippen molar-refractivity contribution in [2.75, 3.05) is 46.9 Å². The summed E-state index contributed by atoms with van der Waals surface area (Å²) in [5.41, 5.74) is 0. The lowest BCUT2D eigenvalue weighted by molar-refractivity contribution is 0.195. The molecule has 0 unspecified atom stereocenters. The number of hydrogen-bond acceptors (Lipinski definition) is 3. The molecule has 0 atom stereocenters. The number of aliphatic imine (C=N–C) groups is 1. The minimum absolute atomic E-state index is 0. The molecule has 1 aliphatic rings. The van der Waals surface area contributed by atoms with Crippen molar-refractivity contribution in [2.45, 2.75) is 38.6 Å². The van der Waals surface area contributed by atoms with Crippen molar-refractivity contribution in [1.82, 2.24) is 15.5 Å². The van der Waals surface area contributed by atoms with Crippen molar-refractivity contribution in [3.8, 4) is 0 Å². The maximum atomic E-state index is 5.04. The van der Waals surface area contributed by atoms with E-state index in [0.29, 0.717) is 6.04 Å². The van der Waals surface area contributed by atoms with Crippen LogP contribution in [0.15, 0.2) is 4.99 Å². The minimum Gasteiger partial charge on any atom is -0.385 e. The van der Waals surface area contributed by atoms with Crippen LogP contribution in [-0.4, -0.2) is 63.8 Å². The molecular weight excluding hydrogens is 367 g/mol. The van der Waals surface area contributed by atoms with Gasteiger partial charge in [-0.2, -0.15) is 0 Å². The second-order valence-electron chi connectivity index (χ2n) is 5.11. The number of hydrogen-bond donors (Lipinski definition) is 2. The number of nitrogens with one attached hydrogen (secondary N) is 2. The first-order valence-corrected chi connectivity index (χ1v) is 7.48. The van der Waals surface area contributed by atoms with Crippen molar-refractivity contribution in [1.29, 1.82) is 0 Å². The van der Waals surface area contributed by atoms with Crippen LogP contribution in [0.25, 0.3) is 0 Å². The van der Waals surface area contributed by atoms with Crippen LogP contribution in [0.5, 0.6) is 0 Å². The zero-order valence-electron chi connectivity index (χ0n) is 13.2. The van der Waals surface area contributed by atoms with Gasteiger partial charge in [0, 0.05) is 46.4 Å². The molecule has 0 saturated carbocycles. The molecule has 0 spiro atoms. The largest absolute Gasteiger partial charge is 0.385 e. The van der Waals surface area contributed by atoms with Gasteiger partial charge in [0.2, 0.25) is 0 Å². The molecule has 0 aromatic heterocycles. The number of ether oxygens (including phenoxy) is 1. The van der Waals surface area contributed by atoms with Crippen LogP contribution in [-0.2, 0) is 4.74 Å². The molecule has 20 heavy (non-hydrogen) atoms. The molecule has 0 aromatic rings. The van der Waals surface area contributed by atoms with Crippen LogP contribution in [0.4, 0.5) is 0 Å².